The standard InChI is InChI=1S/C30H32N2O/c1-19-15-17-25(21(3)27(19)31)29(23-11-7-5-8-12-23)33-30(24-13-9-6-10-14-24)26-18-16-20(2)28(32)22(26)4/h5-18,29-30H,31-32H2,1-4H3. The molecule has 0 spiro atoms. The maximum absolute atomic E-state index is 7.04. The molecule has 4 aromatic carbocycles. The maximum Gasteiger partial charge on any atom is 0.109 e. The van der Waals surface area contributed by atoms with E-state index in [9.17, 15) is 0 Å². The van der Waals surface area contributed by atoms with Gasteiger partial charge in [0.05, 0.1) is 0 Å². The Labute approximate surface area is 197 Å². The molecule has 4 N–H and O–H groups in total. The Hall–Kier alpha value is -3.56. The first-order valence-electron chi connectivity index (χ1n) is 11.3. The third-order valence-electron chi connectivity index (χ3n) is 6.59. The van der Waals surface area contributed by atoms with Crippen LogP contribution in [0.3, 0.4) is 0 Å². The topological polar surface area (TPSA) is 61.3 Å². The Morgan fingerprint density at radius 1 is 0.515 bits per heavy atom. The fourth-order valence-corrected chi connectivity index (χ4v) is 4.38. The number of benzene rings is 4. The fourth-order valence-electron chi connectivity index (χ4n) is 4.38. The summed E-state index contributed by atoms with van der Waals surface area (Å²) in [5.74, 6) is 0. The van der Waals surface area contributed by atoms with Crippen LogP contribution >= 0.6 is 0 Å². The summed E-state index contributed by atoms with van der Waals surface area (Å²) in [5.41, 5.74) is 23.1. The Kier molecular flexibility index (Phi) is 6.52. The van der Waals surface area contributed by atoms with Crippen LogP contribution in [0.15, 0.2) is 84.9 Å². The second-order valence-electron chi connectivity index (χ2n) is 8.74. The molecule has 0 heterocycles. The van der Waals surface area contributed by atoms with Crippen LogP contribution in [0.1, 0.15) is 56.7 Å². The smallest absolute Gasteiger partial charge is 0.109 e. The maximum atomic E-state index is 7.04. The second-order valence-corrected chi connectivity index (χ2v) is 8.74. The Morgan fingerprint density at radius 3 is 1.24 bits per heavy atom. The van der Waals surface area contributed by atoms with Crippen LogP contribution in [0.25, 0.3) is 0 Å². The van der Waals surface area contributed by atoms with E-state index in [-0.39, 0.29) is 12.2 Å². The van der Waals surface area contributed by atoms with Gasteiger partial charge >= 0.3 is 0 Å². The highest BCUT2D eigenvalue weighted by atomic mass is 16.5. The van der Waals surface area contributed by atoms with Crippen molar-refractivity contribution in [3.63, 3.8) is 0 Å². The van der Waals surface area contributed by atoms with Crippen molar-refractivity contribution in [1.82, 2.24) is 0 Å². The minimum absolute atomic E-state index is 0.291. The highest BCUT2D eigenvalue weighted by Crippen LogP contribution is 2.40. The number of nitrogens with two attached hydrogens (primary N) is 2. The summed E-state index contributed by atoms with van der Waals surface area (Å²) in [6.45, 7) is 8.22. The van der Waals surface area contributed by atoms with Crippen LogP contribution < -0.4 is 11.5 Å². The molecular formula is C30H32N2O. The zero-order valence-electron chi connectivity index (χ0n) is 19.8. The minimum Gasteiger partial charge on any atom is -0.398 e. The largest absolute Gasteiger partial charge is 0.398 e. The van der Waals surface area contributed by atoms with Crippen molar-refractivity contribution in [3.05, 3.63) is 129 Å². The molecule has 33 heavy (non-hydrogen) atoms. The van der Waals surface area contributed by atoms with E-state index in [2.05, 4.69) is 62.4 Å². The van der Waals surface area contributed by atoms with Gasteiger partial charge in [-0.2, -0.15) is 0 Å². The van der Waals surface area contributed by atoms with Gasteiger partial charge in [-0.15, -0.1) is 0 Å². The van der Waals surface area contributed by atoms with Crippen molar-refractivity contribution >= 4 is 11.4 Å². The fraction of sp³-hybridized carbons (Fsp3) is 0.200. The van der Waals surface area contributed by atoms with E-state index < -0.39 is 0 Å². The number of rotatable bonds is 6. The molecule has 0 aliphatic rings. The van der Waals surface area contributed by atoms with Crippen molar-refractivity contribution in [2.45, 2.75) is 39.9 Å². The summed E-state index contributed by atoms with van der Waals surface area (Å²) in [7, 11) is 0. The SMILES string of the molecule is Cc1ccc(C(OC(c2ccccc2)c2ccc(C)c(N)c2C)c2ccccc2)c(C)c1N. The Morgan fingerprint density at radius 2 is 0.879 bits per heavy atom. The molecule has 2 unspecified atom stereocenters. The van der Waals surface area contributed by atoms with Gasteiger partial charge in [0, 0.05) is 11.4 Å². The molecule has 0 amide bonds. The van der Waals surface area contributed by atoms with Crippen LogP contribution in [0.2, 0.25) is 0 Å². The number of ether oxygens (including phenoxy) is 1. The third-order valence-corrected chi connectivity index (χ3v) is 6.59. The molecular weight excluding hydrogens is 404 g/mol. The average molecular weight is 437 g/mol. The number of hydrogen-bond donors (Lipinski definition) is 2. The summed E-state index contributed by atoms with van der Waals surface area (Å²) in [6, 6.07) is 29.1. The van der Waals surface area contributed by atoms with Crippen molar-refractivity contribution in [2.24, 2.45) is 0 Å². The van der Waals surface area contributed by atoms with Gasteiger partial charge < -0.3 is 16.2 Å². The van der Waals surface area contributed by atoms with Gasteiger partial charge in [0.2, 0.25) is 0 Å². The van der Waals surface area contributed by atoms with Crippen LogP contribution in [0.5, 0.6) is 0 Å². The van der Waals surface area contributed by atoms with E-state index in [1.54, 1.807) is 0 Å². The van der Waals surface area contributed by atoms with E-state index in [0.29, 0.717) is 0 Å². The number of hydrogen-bond acceptors (Lipinski definition) is 3. The van der Waals surface area contributed by atoms with E-state index in [0.717, 1.165) is 55.9 Å². The third kappa shape index (κ3) is 4.50. The Bertz CT molecular complexity index is 1150. The monoisotopic (exact) mass is 436 g/mol. The molecule has 0 saturated carbocycles. The van der Waals surface area contributed by atoms with Crippen LogP contribution in [-0.4, -0.2) is 0 Å². The van der Waals surface area contributed by atoms with Crippen molar-refractivity contribution in [1.29, 1.82) is 0 Å². The number of anilines is 2. The molecule has 4 aromatic rings. The number of aryl methyl sites for hydroxylation is 2. The predicted molar refractivity (Wildman–Crippen MR) is 138 cm³/mol. The summed E-state index contributed by atoms with van der Waals surface area (Å²) in [6.07, 6.45) is -0.581. The van der Waals surface area contributed by atoms with Gasteiger partial charge in [-0.05, 0) is 72.2 Å². The first-order valence-corrected chi connectivity index (χ1v) is 11.3. The van der Waals surface area contributed by atoms with Gasteiger partial charge in [-0.3, -0.25) is 0 Å². The highest BCUT2D eigenvalue weighted by Gasteiger charge is 2.26. The molecule has 0 bridgehead atoms. The lowest BCUT2D eigenvalue weighted by atomic mass is 9.92. The van der Waals surface area contributed by atoms with Gasteiger partial charge in [0.15, 0.2) is 0 Å². The lowest BCUT2D eigenvalue weighted by molar-refractivity contribution is 0.0302. The summed E-state index contributed by atoms with van der Waals surface area (Å²) in [5, 5.41) is 0. The van der Waals surface area contributed by atoms with Crippen LogP contribution in [-0.2, 0) is 4.74 Å². The first kappa shape index (κ1) is 22.6. The van der Waals surface area contributed by atoms with Crippen LogP contribution in [0.4, 0.5) is 11.4 Å². The molecule has 0 fully saturated rings. The van der Waals surface area contributed by atoms with Gasteiger partial charge in [-0.25, -0.2) is 0 Å². The lowest BCUT2D eigenvalue weighted by Crippen LogP contribution is -2.16. The van der Waals surface area contributed by atoms with Crippen molar-refractivity contribution < 1.29 is 4.74 Å². The first-order chi connectivity index (χ1) is 15.9. The second kappa shape index (κ2) is 9.51. The number of nitrogen functional groups attached to an aromatic ring is 2. The highest BCUT2D eigenvalue weighted by molar-refractivity contribution is 5.59. The summed E-state index contributed by atoms with van der Waals surface area (Å²) >= 11 is 0. The van der Waals surface area contributed by atoms with E-state index >= 15 is 0 Å². The van der Waals surface area contributed by atoms with Crippen LogP contribution in [0, 0.1) is 27.7 Å². The molecule has 3 heteroatoms. The molecule has 0 aromatic heterocycles. The molecule has 3 nitrogen and oxygen atoms in total. The zero-order chi connectivity index (χ0) is 23.5. The molecule has 0 aliphatic heterocycles. The normalized spacial score (nSPS) is 13.0. The van der Waals surface area contributed by atoms with Crippen molar-refractivity contribution in [3.8, 4) is 0 Å². The van der Waals surface area contributed by atoms with Crippen molar-refractivity contribution in [2.75, 3.05) is 11.5 Å². The quantitative estimate of drug-likeness (QED) is 0.321. The molecule has 168 valence electrons. The summed E-state index contributed by atoms with van der Waals surface area (Å²) < 4.78 is 7.04. The average Bonchev–Trinajstić information content (AvgIpc) is 2.84. The van der Waals surface area contributed by atoms with Gasteiger partial charge in [-0.1, -0.05) is 84.9 Å². The van der Waals surface area contributed by atoms with E-state index in [4.69, 9.17) is 16.2 Å². The summed E-state index contributed by atoms with van der Waals surface area (Å²) in [4.78, 5) is 0. The molecule has 2 atom stereocenters. The van der Waals surface area contributed by atoms with Gasteiger partial charge in [0.1, 0.15) is 12.2 Å². The molecule has 0 saturated heterocycles. The molecule has 0 aliphatic carbocycles. The van der Waals surface area contributed by atoms with Gasteiger partial charge in [0.25, 0.3) is 0 Å². The van der Waals surface area contributed by atoms with E-state index in [1.807, 2.05) is 50.2 Å². The minimum atomic E-state index is -0.291. The lowest BCUT2D eigenvalue weighted by Gasteiger charge is -2.29. The van der Waals surface area contributed by atoms with E-state index in [1.165, 1.54) is 0 Å². The molecule has 0 radical (unpaired) electrons. The zero-order valence-corrected chi connectivity index (χ0v) is 19.8. The Balaban J connectivity index is 1.89. The predicted octanol–water partition coefficient (Wildman–Crippen LogP) is 6.98. The molecule has 4 rings (SSSR count).